The summed E-state index contributed by atoms with van der Waals surface area (Å²) in [5, 5.41) is 6.89. The minimum atomic E-state index is 0.257. The van der Waals surface area contributed by atoms with Crippen molar-refractivity contribution in [3.63, 3.8) is 0 Å². The van der Waals surface area contributed by atoms with Crippen LogP contribution in [0.3, 0.4) is 0 Å². The summed E-state index contributed by atoms with van der Waals surface area (Å²) in [4.78, 5) is 19.2. The van der Waals surface area contributed by atoms with Gasteiger partial charge in [-0.05, 0) is 50.3 Å². The second-order valence-electron chi connectivity index (χ2n) is 8.08. The van der Waals surface area contributed by atoms with Crippen LogP contribution in [-0.2, 0) is 11.2 Å². The van der Waals surface area contributed by atoms with E-state index in [1.54, 1.807) is 7.05 Å². The van der Waals surface area contributed by atoms with E-state index in [0.29, 0.717) is 12.5 Å². The number of rotatable bonds is 7. The zero-order valence-corrected chi connectivity index (χ0v) is 18.0. The number of benzene rings is 1. The summed E-state index contributed by atoms with van der Waals surface area (Å²) in [5.41, 5.74) is 1.24. The van der Waals surface area contributed by atoms with E-state index in [9.17, 15) is 4.79 Å². The minimum absolute atomic E-state index is 0.257. The molecule has 1 atom stereocenters. The maximum Gasteiger partial charge on any atom is 0.225 e. The fraction of sp³-hybridized carbons (Fsp3) is 0.652. The van der Waals surface area contributed by atoms with Gasteiger partial charge in [0.2, 0.25) is 5.91 Å². The SMILES string of the molecule is CCOc1cccc(CCNC(=NC)NC2CCN(C(=O)C3CCCCC3)C2)c1. The van der Waals surface area contributed by atoms with Crippen molar-refractivity contribution in [2.24, 2.45) is 10.9 Å². The summed E-state index contributed by atoms with van der Waals surface area (Å²) in [6.45, 7) is 5.12. The van der Waals surface area contributed by atoms with Gasteiger partial charge in [0.15, 0.2) is 5.96 Å². The van der Waals surface area contributed by atoms with Gasteiger partial charge in [-0.15, -0.1) is 0 Å². The zero-order chi connectivity index (χ0) is 20.5. The summed E-state index contributed by atoms with van der Waals surface area (Å²) >= 11 is 0. The van der Waals surface area contributed by atoms with Gasteiger partial charge < -0.3 is 20.3 Å². The summed E-state index contributed by atoms with van der Waals surface area (Å²) in [5.74, 6) is 2.35. The Labute approximate surface area is 175 Å². The topological polar surface area (TPSA) is 66.0 Å². The van der Waals surface area contributed by atoms with Crippen LogP contribution in [-0.4, -0.2) is 56.1 Å². The predicted octanol–water partition coefficient (Wildman–Crippen LogP) is 2.97. The van der Waals surface area contributed by atoms with Crippen molar-refractivity contribution >= 4 is 11.9 Å². The van der Waals surface area contributed by atoms with Gasteiger partial charge in [-0.25, -0.2) is 0 Å². The molecule has 6 nitrogen and oxygen atoms in total. The van der Waals surface area contributed by atoms with Crippen molar-refractivity contribution in [2.75, 3.05) is 33.3 Å². The molecule has 3 rings (SSSR count). The maximum absolute atomic E-state index is 12.7. The van der Waals surface area contributed by atoms with Crippen molar-refractivity contribution in [2.45, 2.75) is 57.9 Å². The van der Waals surface area contributed by atoms with E-state index < -0.39 is 0 Å². The lowest BCUT2D eigenvalue weighted by Gasteiger charge is -2.26. The molecule has 1 saturated heterocycles. The molecular formula is C23H36N4O2. The molecule has 1 saturated carbocycles. The van der Waals surface area contributed by atoms with Gasteiger partial charge in [0.1, 0.15) is 5.75 Å². The third-order valence-corrected chi connectivity index (χ3v) is 5.93. The van der Waals surface area contributed by atoms with Gasteiger partial charge in [-0.1, -0.05) is 31.4 Å². The Morgan fingerprint density at radius 3 is 2.83 bits per heavy atom. The van der Waals surface area contributed by atoms with Crippen molar-refractivity contribution < 1.29 is 9.53 Å². The molecule has 6 heteroatoms. The smallest absolute Gasteiger partial charge is 0.225 e. The first kappa shape index (κ1) is 21.5. The lowest BCUT2D eigenvalue weighted by atomic mass is 9.88. The molecule has 0 radical (unpaired) electrons. The lowest BCUT2D eigenvalue weighted by molar-refractivity contribution is -0.135. The number of likely N-dealkylation sites (tertiary alicyclic amines) is 1. The molecule has 1 heterocycles. The fourth-order valence-electron chi connectivity index (χ4n) is 4.36. The molecule has 2 aliphatic rings. The van der Waals surface area contributed by atoms with Gasteiger partial charge in [0.05, 0.1) is 6.61 Å². The van der Waals surface area contributed by atoms with E-state index in [4.69, 9.17) is 4.74 Å². The summed E-state index contributed by atoms with van der Waals surface area (Å²) in [7, 11) is 1.80. The Morgan fingerprint density at radius 1 is 1.24 bits per heavy atom. The highest BCUT2D eigenvalue weighted by molar-refractivity contribution is 5.81. The molecule has 1 amide bonds. The Balaban J connectivity index is 1.41. The molecule has 0 aromatic heterocycles. The summed E-state index contributed by atoms with van der Waals surface area (Å²) < 4.78 is 5.57. The van der Waals surface area contributed by atoms with Crippen molar-refractivity contribution in [3.8, 4) is 5.75 Å². The van der Waals surface area contributed by atoms with E-state index in [1.165, 1.54) is 24.8 Å². The monoisotopic (exact) mass is 400 g/mol. The second-order valence-corrected chi connectivity index (χ2v) is 8.08. The molecule has 1 aromatic carbocycles. The normalized spacial score (nSPS) is 20.6. The summed E-state index contributed by atoms with van der Waals surface area (Å²) in [6.07, 6.45) is 7.72. The highest BCUT2D eigenvalue weighted by Gasteiger charge is 2.31. The van der Waals surface area contributed by atoms with E-state index in [-0.39, 0.29) is 12.0 Å². The van der Waals surface area contributed by atoms with Crippen LogP contribution >= 0.6 is 0 Å². The summed E-state index contributed by atoms with van der Waals surface area (Å²) in [6, 6.07) is 8.50. The van der Waals surface area contributed by atoms with Crippen LogP contribution in [0.4, 0.5) is 0 Å². The number of nitrogens with zero attached hydrogens (tertiary/aromatic N) is 2. The van der Waals surface area contributed by atoms with Gasteiger partial charge >= 0.3 is 0 Å². The molecule has 1 aliphatic carbocycles. The molecule has 1 aliphatic heterocycles. The Hall–Kier alpha value is -2.24. The zero-order valence-electron chi connectivity index (χ0n) is 18.0. The average Bonchev–Trinajstić information content (AvgIpc) is 3.22. The Bertz CT molecular complexity index is 685. The molecule has 0 bridgehead atoms. The third-order valence-electron chi connectivity index (χ3n) is 5.93. The number of amides is 1. The van der Waals surface area contributed by atoms with Crippen molar-refractivity contribution in [1.82, 2.24) is 15.5 Å². The Morgan fingerprint density at radius 2 is 2.07 bits per heavy atom. The predicted molar refractivity (Wildman–Crippen MR) is 117 cm³/mol. The number of hydrogen-bond donors (Lipinski definition) is 2. The quantitative estimate of drug-likeness (QED) is 0.546. The first-order chi connectivity index (χ1) is 14.2. The molecule has 160 valence electrons. The molecular weight excluding hydrogens is 364 g/mol. The number of carbonyl (C=O) groups excluding carboxylic acids is 1. The highest BCUT2D eigenvalue weighted by atomic mass is 16.5. The minimum Gasteiger partial charge on any atom is -0.494 e. The number of nitrogens with one attached hydrogen (secondary N) is 2. The van der Waals surface area contributed by atoms with Crippen molar-refractivity contribution in [3.05, 3.63) is 29.8 Å². The fourth-order valence-corrected chi connectivity index (χ4v) is 4.36. The van der Waals surface area contributed by atoms with Crippen LogP contribution in [0.5, 0.6) is 5.75 Å². The largest absolute Gasteiger partial charge is 0.494 e. The van der Waals surface area contributed by atoms with E-state index in [1.807, 2.05) is 19.1 Å². The number of aliphatic imine (C=N–C) groups is 1. The lowest BCUT2D eigenvalue weighted by Crippen LogP contribution is -2.46. The standard InChI is InChI=1S/C23H36N4O2/c1-3-29-21-11-7-8-18(16-21)12-14-25-23(24-2)26-20-13-15-27(17-20)22(28)19-9-5-4-6-10-19/h7-8,11,16,19-20H,3-6,9-10,12-15,17H2,1-2H3,(H2,24,25,26). The van der Waals surface area contributed by atoms with Crippen LogP contribution in [0.15, 0.2) is 29.3 Å². The van der Waals surface area contributed by atoms with Gasteiger partial charge in [0.25, 0.3) is 0 Å². The molecule has 1 unspecified atom stereocenters. The van der Waals surface area contributed by atoms with Crippen molar-refractivity contribution in [1.29, 1.82) is 0 Å². The first-order valence-electron chi connectivity index (χ1n) is 11.2. The van der Waals surface area contributed by atoms with Crippen LogP contribution in [0.25, 0.3) is 0 Å². The van der Waals surface area contributed by atoms with Gasteiger partial charge in [-0.3, -0.25) is 9.79 Å². The highest BCUT2D eigenvalue weighted by Crippen LogP contribution is 2.26. The van der Waals surface area contributed by atoms with Gasteiger partial charge in [-0.2, -0.15) is 0 Å². The molecule has 2 fully saturated rings. The molecule has 1 aromatic rings. The number of carbonyl (C=O) groups is 1. The second kappa shape index (κ2) is 11.1. The van der Waals surface area contributed by atoms with Crippen LogP contribution in [0.1, 0.15) is 51.0 Å². The van der Waals surface area contributed by atoms with Crippen LogP contribution < -0.4 is 15.4 Å². The molecule has 29 heavy (non-hydrogen) atoms. The van der Waals surface area contributed by atoms with Crippen LogP contribution in [0, 0.1) is 5.92 Å². The number of ether oxygens (including phenoxy) is 1. The Kier molecular flexibility index (Phi) is 8.20. The first-order valence-corrected chi connectivity index (χ1v) is 11.2. The number of guanidine groups is 1. The number of hydrogen-bond acceptors (Lipinski definition) is 3. The van der Waals surface area contributed by atoms with E-state index in [2.05, 4.69) is 32.7 Å². The molecule has 2 N–H and O–H groups in total. The maximum atomic E-state index is 12.7. The average molecular weight is 401 g/mol. The van der Waals surface area contributed by atoms with E-state index >= 15 is 0 Å². The molecule has 0 spiro atoms. The van der Waals surface area contributed by atoms with E-state index in [0.717, 1.165) is 57.0 Å². The van der Waals surface area contributed by atoms with Gasteiger partial charge in [0, 0.05) is 38.6 Å². The third kappa shape index (κ3) is 6.38. The van der Waals surface area contributed by atoms with Crippen LogP contribution in [0.2, 0.25) is 0 Å².